The molecule has 1 rings (SSSR count). The van der Waals surface area contributed by atoms with Gasteiger partial charge in [0.15, 0.2) is 5.78 Å². The number of aryl methyl sites for hydroxylation is 1. The number of aromatic nitrogens is 1. The number of carbonyl (C=O) groups is 2. The molecular weight excluding hydrogens is 244 g/mol. The third-order valence-electron chi connectivity index (χ3n) is 3.07. The van der Waals surface area contributed by atoms with Crippen molar-refractivity contribution in [2.75, 3.05) is 13.2 Å². The molecule has 0 saturated carbocycles. The normalized spacial score (nSPS) is 10.8. The van der Waals surface area contributed by atoms with Gasteiger partial charge in [0.2, 0.25) is 0 Å². The summed E-state index contributed by atoms with van der Waals surface area (Å²) in [4.78, 5) is 25.5. The molecule has 0 radical (unpaired) electrons. The van der Waals surface area contributed by atoms with Gasteiger partial charge in [-0.05, 0) is 33.3 Å². The minimum Gasteiger partial charge on any atom is -0.396 e. The van der Waals surface area contributed by atoms with Crippen LogP contribution in [0.3, 0.4) is 0 Å². The average Bonchev–Trinajstić information content (AvgIpc) is 2.71. The van der Waals surface area contributed by atoms with Gasteiger partial charge in [0.1, 0.15) is 5.69 Å². The zero-order valence-corrected chi connectivity index (χ0v) is 12.0. The van der Waals surface area contributed by atoms with E-state index in [-0.39, 0.29) is 24.3 Å². The van der Waals surface area contributed by atoms with Gasteiger partial charge in [-0.25, -0.2) is 0 Å². The van der Waals surface area contributed by atoms with Gasteiger partial charge in [-0.15, -0.1) is 0 Å². The average molecular weight is 266 g/mol. The molecule has 0 aliphatic carbocycles. The highest BCUT2D eigenvalue weighted by atomic mass is 16.3. The van der Waals surface area contributed by atoms with Gasteiger partial charge < -0.3 is 14.6 Å². The number of carbonyl (C=O) groups excluding carboxylic acids is 2. The van der Waals surface area contributed by atoms with Crippen molar-refractivity contribution in [2.24, 2.45) is 7.05 Å². The molecule has 0 bridgehead atoms. The third-order valence-corrected chi connectivity index (χ3v) is 3.07. The highest BCUT2D eigenvalue weighted by molar-refractivity contribution is 5.99. The second kappa shape index (κ2) is 6.52. The van der Waals surface area contributed by atoms with E-state index in [1.165, 1.54) is 6.92 Å². The molecule has 19 heavy (non-hydrogen) atoms. The molecule has 0 atom stereocenters. The Labute approximate surface area is 113 Å². The predicted octanol–water partition coefficient (Wildman–Crippen LogP) is 1.46. The minimum absolute atomic E-state index is 0.0507. The Morgan fingerprint density at radius 1 is 1.42 bits per heavy atom. The van der Waals surface area contributed by atoms with Crippen LogP contribution >= 0.6 is 0 Å². The van der Waals surface area contributed by atoms with Crippen LogP contribution in [0.5, 0.6) is 0 Å². The fraction of sp³-hybridized carbons (Fsp3) is 0.571. The van der Waals surface area contributed by atoms with Crippen LogP contribution in [-0.2, 0) is 7.05 Å². The van der Waals surface area contributed by atoms with E-state index < -0.39 is 0 Å². The largest absolute Gasteiger partial charge is 0.396 e. The van der Waals surface area contributed by atoms with Crippen LogP contribution in [0.1, 0.15) is 48.0 Å². The van der Waals surface area contributed by atoms with Crippen LogP contribution in [0.4, 0.5) is 0 Å². The van der Waals surface area contributed by atoms with E-state index in [1.54, 1.807) is 28.8 Å². The summed E-state index contributed by atoms with van der Waals surface area (Å²) in [6, 6.07) is 1.67. The number of amides is 1. The predicted molar refractivity (Wildman–Crippen MR) is 73.3 cm³/mol. The first-order chi connectivity index (χ1) is 8.88. The highest BCUT2D eigenvalue weighted by Gasteiger charge is 2.21. The molecule has 0 aliphatic heterocycles. The Balaban J connectivity index is 2.99. The Morgan fingerprint density at radius 2 is 2.05 bits per heavy atom. The third kappa shape index (κ3) is 3.67. The van der Waals surface area contributed by atoms with Crippen molar-refractivity contribution in [2.45, 2.75) is 33.2 Å². The highest BCUT2D eigenvalue weighted by Crippen LogP contribution is 2.13. The first-order valence-electron chi connectivity index (χ1n) is 6.47. The topological polar surface area (TPSA) is 62.5 Å². The molecule has 1 heterocycles. The van der Waals surface area contributed by atoms with Crippen molar-refractivity contribution in [1.29, 1.82) is 0 Å². The Bertz CT molecular complexity index is 463. The summed E-state index contributed by atoms with van der Waals surface area (Å²) in [6.45, 7) is 5.92. The lowest BCUT2D eigenvalue weighted by molar-refractivity contribution is 0.0683. The number of ketones is 1. The number of aliphatic hydroxyl groups is 1. The lowest BCUT2D eigenvalue weighted by atomic mass is 10.2. The molecule has 0 spiro atoms. The first-order valence-corrected chi connectivity index (χ1v) is 6.47. The maximum atomic E-state index is 12.5. The number of rotatable bonds is 6. The number of aliphatic hydroxyl groups excluding tert-OH is 1. The van der Waals surface area contributed by atoms with Gasteiger partial charge in [0, 0.05) is 38.0 Å². The Hall–Kier alpha value is -1.62. The molecule has 0 unspecified atom stereocenters. The van der Waals surface area contributed by atoms with E-state index in [0.717, 1.165) is 0 Å². The summed E-state index contributed by atoms with van der Waals surface area (Å²) in [5.74, 6) is -0.167. The quantitative estimate of drug-likeness (QED) is 0.793. The molecule has 1 N–H and O–H groups in total. The Kier molecular flexibility index (Phi) is 5.30. The maximum Gasteiger partial charge on any atom is 0.270 e. The molecule has 1 aromatic rings. The summed E-state index contributed by atoms with van der Waals surface area (Å²) in [5, 5.41) is 8.89. The second-order valence-electron chi connectivity index (χ2n) is 4.95. The van der Waals surface area contributed by atoms with E-state index >= 15 is 0 Å². The van der Waals surface area contributed by atoms with Gasteiger partial charge in [0.05, 0.1) is 0 Å². The van der Waals surface area contributed by atoms with Gasteiger partial charge in [-0.1, -0.05) is 0 Å². The Morgan fingerprint density at radius 3 is 2.47 bits per heavy atom. The zero-order chi connectivity index (χ0) is 14.6. The molecule has 5 nitrogen and oxygen atoms in total. The van der Waals surface area contributed by atoms with E-state index in [4.69, 9.17) is 5.11 Å². The molecule has 0 aromatic carbocycles. The molecule has 1 amide bonds. The summed E-state index contributed by atoms with van der Waals surface area (Å²) >= 11 is 0. The van der Waals surface area contributed by atoms with Crippen LogP contribution in [0, 0.1) is 0 Å². The van der Waals surface area contributed by atoms with Crippen molar-refractivity contribution in [3.63, 3.8) is 0 Å². The van der Waals surface area contributed by atoms with Crippen LogP contribution in [0.2, 0.25) is 0 Å². The SMILES string of the molecule is CC(=O)c1cc(C(=O)N(CCCO)C(C)C)n(C)c1. The number of Topliss-reactive ketones (excluding diaryl/α,β-unsaturated/α-hetero) is 1. The smallest absolute Gasteiger partial charge is 0.270 e. The van der Waals surface area contributed by atoms with Crippen LogP contribution in [0.25, 0.3) is 0 Å². The summed E-state index contributed by atoms with van der Waals surface area (Å²) < 4.78 is 1.67. The van der Waals surface area contributed by atoms with E-state index in [1.807, 2.05) is 13.8 Å². The lowest BCUT2D eigenvalue weighted by Crippen LogP contribution is -2.38. The molecule has 0 saturated heterocycles. The van der Waals surface area contributed by atoms with E-state index in [2.05, 4.69) is 0 Å². The summed E-state index contributed by atoms with van der Waals surface area (Å²) in [7, 11) is 1.75. The van der Waals surface area contributed by atoms with Gasteiger partial charge in [-0.2, -0.15) is 0 Å². The van der Waals surface area contributed by atoms with Crippen molar-refractivity contribution in [1.82, 2.24) is 9.47 Å². The molecular formula is C14H22N2O3. The van der Waals surface area contributed by atoms with E-state index in [9.17, 15) is 9.59 Å². The first kappa shape index (κ1) is 15.4. The van der Waals surface area contributed by atoms with Crippen LogP contribution in [-0.4, -0.2) is 45.5 Å². The lowest BCUT2D eigenvalue weighted by Gasteiger charge is -2.26. The van der Waals surface area contributed by atoms with Crippen LogP contribution < -0.4 is 0 Å². The number of hydrogen-bond donors (Lipinski definition) is 1. The van der Waals surface area contributed by atoms with Crippen molar-refractivity contribution >= 4 is 11.7 Å². The monoisotopic (exact) mass is 266 g/mol. The van der Waals surface area contributed by atoms with Gasteiger partial charge >= 0.3 is 0 Å². The summed E-state index contributed by atoms with van der Waals surface area (Å²) in [5.41, 5.74) is 1.04. The fourth-order valence-electron chi connectivity index (χ4n) is 1.95. The molecule has 0 fully saturated rings. The maximum absolute atomic E-state index is 12.5. The van der Waals surface area contributed by atoms with Crippen molar-refractivity contribution in [3.8, 4) is 0 Å². The van der Waals surface area contributed by atoms with Crippen molar-refractivity contribution in [3.05, 3.63) is 23.5 Å². The van der Waals surface area contributed by atoms with Gasteiger partial charge in [-0.3, -0.25) is 9.59 Å². The molecule has 5 heteroatoms. The van der Waals surface area contributed by atoms with Gasteiger partial charge in [0.25, 0.3) is 5.91 Å². The zero-order valence-electron chi connectivity index (χ0n) is 12.0. The number of hydrogen-bond acceptors (Lipinski definition) is 3. The van der Waals surface area contributed by atoms with E-state index in [0.29, 0.717) is 24.2 Å². The minimum atomic E-state index is -0.113. The van der Waals surface area contributed by atoms with Crippen LogP contribution in [0.15, 0.2) is 12.3 Å². The standard InChI is InChI=1S/C14H22N2O3/c1-10(2)16(6-5-7-17)14(19)13-8-12(11(3)18)9-15(13)4/h8-10,17H,5-7H2,1-4H3. The molecule has 106 valence electrons. The molecule has 0 aliphatic rings. The fourth-order valence-corrected chi connectivity index (χ4v) is 1.95. The second-order valence-corrected chi connectivity index (χ2v) is 4.95. The molecule has 1 aromatic heterocycles. The van der Waals surface area contributed by atoms with Crippen molar-refractivity contribution < 1.29 is 14.7 Å². The summed E-state index contributed by atoms with van der Waals surface area (Å²) in [6.07, 6.45) is 2.22. The number of nitrogens with zero attached hydrogens (tertiary/aromatic N) is 2.